The molecule has 0 aromatic heterocycles. The van der Waals surface area contributed by atoms with Crippen LogP contribution in [0.1, 0.15) is 42.4 Å². The van der Waals surface area contributed by atoms with Crippen molar-refractivity contribution in [2.45, 2.75) is 52.6 Å². The summed E-state index contributed by atoms with van der Waals surface area (Å²) in [7, 11) is 0. The van der Waals surface area contributed by atoms with Crippen molar-refractivity contribution in [2.24, 2.45) is 11.7 Å². The minimum atomic E-state index is 0.309. The number of aryl methyl sites for hydroxylation is 3. The van der Waals surface area contributed by atoms with Gasteiger partial charge in [-0.05, 0) is 57.7 Å². The summed E-state index contributed by atoms with van der Waals surface area (Å²) >= 11 is 0. The van der Waals surface area contributed by atoms with Crippen molar-refractivity contribution in [3.8, 4) is 5.75 Å². The first-order valence-electron chi connectivity index (χ1n) is 7.06. The molecule has 2 unspecified atom stereocenters. The molecule has 1 saturated carbocycles. The van der Waals surface area contributed by atoms with E-state index in [2.05, 4.69) is 32.9 Å². The first-order valence-corrected chi connectivity index (χ1v) is 7.06. The molecule has 1 aromatic rings. The highest BCUT2D eigenvalue weighted by atomic mass is 16.5. The predicted molar refractivity (Wildman–Crippen MR) is 76.1 cm³/mol. The summed E-state index contributed by atoms with van der Waals surface area (Å²) in [6, 6.07) is 4.39. The van der Waals surface area contributed by atoms with Crippen molar-refractivity contribution in [3.05, 3.63) is 28.8 Å². The molecule has 1 aliphatic carbocycles. The number of hydrogen-bond acceptors (Lipinski definition) is 2. The minimum absolute atomic E-state index is 0.309. The van der Waals surface area contributed by atoms with Crippen LogP contribution in [0.4, 0.5) is 0 Å². The Hall–Kier alpha value is -1.02. The zero-order valence-electron chi connectivity index (χ0n) is 11.8. The van der Waals surface area contributed by atoms with Crippen LogP contribution < -0.4 is 10.5 Å². The lowest BCUT2D eigenvalue weighted by Gasteiger charge is -2.32. The lowest BCUT2D eigenvalue weighted by molar-refractivity contribution is 0.0955. The van der Waals surface area contributed by atoms with E-state index < -0.39 is 0 Å². The van der Waals surface area contributed by atoms with E-state index in [1.165, 1.54) is 36.0 Å². The van der Waals surface area contributed by atoms with Crippen LogP contribution in [0.3, 0.4) is 0 Å². The fourth-order valence-corrected chi connectivity index (χ4v) is 3.10. The maximum absolute atomic E-state index is 6.30. The third kappa shape index (κ3) is 2.86. The van der Waals surface area contributed by atoms with Gasteiger partial charge in [0.15, 0.2) is 0 Å². The Kier molecular flexibility index (Phi) is 4.28. The van der Waals surface area contributed by atoms with Gasteiger partial charge in [0.05, 0.1) is 0 Å². The van der Waals surface area contributed by atoms with Crippen LogP contribution in [0, 0.1) is 26.7 Å². The zero-order chi connectivity index (χ0) is 13.1. The van der Waals surface area contributed by atoms with Gasteiger partial charge in [-0.1, -0.05) is 24.1 Å². The second kappa shape index (κ2) is 5.75. The van der Waals surface area contributed by atoms with E-state index in [9.17, 15) is 0 Å². The average molecular weight is 247 g/mol. The minimum Gasteiger partial charge on any atom is -0.490 e. The average Bonchev–Trinajstić information content (AvgIpc) is 2.34. The molecule has 2 rings (SSSR count). The standard InChI is InChI=1S/C16H25NO/c1-11-8-12(2)16(13(3)9-11)18-15-7-5-4-6-14(15)10-17/h8-9,14-15H,4-7,10,17H2,1-3H3. The molecule has 100 valence electrons. The van der Waals surface area contributed by atoms with Crippen molar-refractivity contribution in [3.63, 3.8) is 0 Å². The molecular formula is C16H25NO. The molecule has 0 spiro atoms. The van der Waals surface area contributed by atoms with Gasteiger partial charge >= 0.3 is 0 Å². The van der Waals surface area contributed by atoms with E-state index in [4.69, 9.17) is 10.5 Å². The molecule has 1 fully saturated rings. The summed E-state index contributed by atoms with van der Waals surface area (Å²) in [4.78, 5) is 0. The maximum atomic E-state index is 6.30. The van der Waals surface area contributed by atoms with Crippen molar-refractivity contribution < 1.29 is 4.74 Å². The number of ether oxygens (including phenoxy) is 1. The molecule has 18 heavy (non-hydrogen) atoms. The molecule has 0 amide bonds. The van der Waals surface area contributed by atoms with Crippen molar-refractivity contribution in [2.75, 3.05) is 6.54 Å². The van der Waals surface area contributed by atoms with E-state index >= 15 is 0 Å². The quantitative estimate of drug-likeness (QED) is 0.887. The van der Waals surface area contributed by atoms with E-state index in [1.807, 2.05) is 0 Å². The fourth-order valence-electron chi connectivity index (χ4n) is 3.10. The Labute approximate surface area is 111 Å². The first-order chi connectivity index (χ1) is 8.61. The SMILES string of the molecule is Cc1cc(C)c(OC2CCCCC2CN)c(C)c1. The second-order valence-electron chi connectivity index (χ2n) is 5.66. The monoisotopic (exact) mass is 247 g/mol. The topological polar surface area (TPSA) is 35.2 Å². The van der Waals surface area contributed by atoms with Crippen molar-refractivity contribution >= 4 is 0 Å². The summed E-state index contributed by atoms with van der Waals surface area (Å²) in [5.41, 5.74) is 9.66. The lowest BCUT2D eigenvalue weighted by atomic mass is 9.86. The van der Waals surface area contributed by atoms with Gasteiger partial charge in [-0.3, -0.25) is 0 Å². The zero-order valence-corrected chi connectivity index (χ0v) is 11.8. The van der Waals surface area contributed by atoms with Gasteiger partial charge in [-0.15, -0.1) is 0 Å². The Bertz CT molecular complexity index is 391. The Balaban J connectivity index is 2.17. The molecule has 0 radical (unpaired) electrons. The van der Waals surface area contributed by atoms with Crippen LogP contribution in [0.15, 0.2) is 12.1 Å². The largest absolute Gasteiger partial charge is 0.490 e. The maximum Gasteiger partial charge on any atom is 0.125 e. The summed E-state index contributed by atoms with van der Waals surface area (Å²) < 4.78 is 6.30. The van der Waals surface area contributed by atoms with Gasteiger partial charge in [0, 0.05) is 5.92 Å². The molecule has 2 heteroatoms. The van der Waals surface area contributed by atoms with Crippen LogP contribution in [0.5, 0.6) is 5.75 Å². The molecule has 0 aliphatic heterocycles. The van der Waals surface area contributed by atoms with E-state index in [0.717, 1.165) is 18.7 Å². The van der Waals surface area contributed by atoms with Gasteiger partial charge in [0.1, 0.15) is 11.9 Å². The van der Waals surface area contributed by atoms with Crippen LogP contribution >= 0.6 is 0 Å². The van der Waals surface area contributed by atoms with Gasteiger partial charge < -0.3 is 10.5 Å². The van der Waals surface area contributed by atoms with Gasteiger partial charge in [-0.25, -0.2) is 0 Å². The molecule has 2 N–H and O–H groups in total. The van der Waals surface area contributed by atoms with Gasteiger partial charge in [0.25, 0.3) is 0 Å². The number of benzene rings is 1. The fraction of sp³-hybridized carbons (Fsp3) is 0.625. The third-order valence-electron chi connectivity index (χ3n) is 4.02. The molecule has 2 nitrogen and oxygen atoms in total. The van der Waals surface area contributed by atoms with Gasteiger partial charge in [-0.2, -0.15) is 0 Å². The Morgan fingerprint density at radius 2 is 1.72 bits per heavy atom. The highest BCUT2D eigenvalue weighted by Crippen LogP contribution is 2.31. The highest BCUT2D eigenvalue weighted by molar-refractivity contribution is 5.43. The molecule has 0 heterocycles. The normalized spacial score (nSPS) is 24.0. The lowest BCUT2D eigenvalue weighted by Crippen LogP contribution is -2.35. The molecule has 2 atom stereocenters. The van der Waals surface area contributed by atoms with Crippen LogP contribution in [0.25, 0.3) is 0 Å². The van der Waals surface area contributed by atoms with Crippen LogP contribution in [-0.4, -0.2) is 12.6 Å². The molecule has 1 aromatic carbocycles. The Morgan fingerprint density at radius 3 is 2.33 bits per heavy atom. The Morgan fingerprint density at radius 1 is 1.11 bits per heavy atom. The summed E-state index contributed by atoms with van der Waals surface area (Å²) in [6.45, 7) is 7.15. The molecular weight excluding hydrogens is 222 g/mol. The van der Waals surface area contributed by atoms with Crippen LogP contribution in [-0.2, 0) is 0 Å². The van der Waals surface area contributed by atoms with Gasteiger partial charge in [0.2, 0.25) is 0 Å². The van der Waals surface area contributed by atoms with Crippen molar-refractivity contribution in [1.82, 2.24) is 0 Å². The molecule has 1 aliphatic rings. The van der Waals surface area contributed by atoms with E-state index in [0.29, 0.717) is 12.0 Å². The summed E-state index contributed by atoms with van der Waals surface area (Å²) in [5.74, 6) is 1.60. The summed E-state index contributed by atoms with van der Waals surface area (Å²) in [5, 5.41) is 0. The smallest absolute Gasteiger partial charge is 0.125 e. The predicted octanol–water partition coefficient (Wildman–Crippen LogP) is 3.51. The number of hydrogen-bond donors (Lipinski definition) is 1. The highest BCUT2D eigenvalue weighted by Gasteiger charge is 2.26. The first kappa shape index (κ1) is 13.4. The van der Waals surface area contributed by atoms with Crippen LogP contribution in [0.2, 0.25) is 0 Å². The molecule has 0 bridgehead atoms. The van der Waals surface area contributed by atoms with E-state index in [1.54, 1.807) is 0 Å². The third-order valence-corrected chi connectivity index (χ3v) is 4.02. The molecule has 0 saturated heterocycles. The van der Waals surface area contributed by atoms with Crippen molar-refractivity contribution in [1.29, 1.82) is 0 Å². The van der Waals surface area contributed by atoms with E-state index in [-0.39, 0.29) is 0 Å². The number of rotatable bonds is 3. The number of nitrogens with two attached hydrogens (primary N) is 1. The second-order valence-corrected chi connectivity index (χ2v) is 5.66. The summed E-state index contributed by atoms with van der Waals surface area (Å²) in [6.07, 6.45) is 5.24.